The van der Waals surface area contributed by atoms with E-state index in [0.29, 0.717) is 0 Å². The fraction of sp³-hybridized carbons (Fsp3) is 0.143. The monoisotopic (exact) mass is 376 g/mol. The largest absolute Gasteiger partial charge is 0.447 e. The molecule has 1 aromatic heterocycles. The highest BCUT2D eigenvalue weighted by molar-refractivity contribution is 8.00. The molecule has 0 aliphatic carbocycles. The second-order valence-corrected chi connectivity index (χ2v) is 7.73. The number of nitrogens with zero attached hydrogens (tertiary/aromatic N) is 1. The summed E-state index contributed by atoms with van der Waals surface area (Å²) in [5.41, 5.74) is -4.70. The molecule has 5 nitrogen and oxygen atoms in total. The number of nitrogens with one attached hydrogen (secondary N) is 1. The number of benzene rings is 1. The van der Waals surface area contributed by atoms with Gasteiger partial charge in [-0.3, -0.25) is 4.79 Å². The zero-order valence-corrected chi connectivity index (χ0v) is 13.8. The van der Waals surface area contributed by atoms with E-state index in [4.69, 9.17) is 0 Å². The first kappa shape index (κ1) is 18.3. The first-order chi connectivity index (χ1) is 11.1. The van der Waals surface area contributed by atoms with E-state index in [1.807, 2.05) is 0 Å². The van der Waals surface area contributed by atoms with Gasteiger partial charge >= 0.3 is 5.51 Å². The van der Waals surface area contributed by atoms with E-state index >= 15 is 0 Å². The Labute approximate surface area is 140 Å². The Hall–Kier alpha value is -2.07. The summed E-state index contributed by atoms with van der Waals surface area (Å²) in [5, 5.41) is 1.89. The number of halogens is 3. The second kappa shape index (κ2) is 6.81. The number of pyridine rings is 1. The van der Waals surface area contributed by atoms with E-state index in [-0.39, 0.29) is 16.1 Å². The van der Waals surface area contributed by atoms with Gasteiger partial charge in [-0.25, -0.2) is 13.4 Å². The van der Waals surface area contributed by atoms with Crippen molar-refractivity contribution in [1.82, 2.24) is 4.98 Å². The average Bonchev–Trinajstić information content (AvgIpc) is 2.45. The molecule has 2 aromatic rings. The molecule has 0 radical (unpaired) electrons. The summed E-state index contributed by atoms with van der Waals surface area (Å²) in [5.74, 6) is -0.819. The maximum atomic E-state index is 12.5. The maximum Gasteiger partial charge on any atom is 0.447 e. The van der Waals surface area contributed by atoms with Crippen molar-refractivity contribution in [2.24, 2.45) is 0 Å². The van der Waals surface area contributed by atoms with Gasteiger partial charge < -0.3 is 5.32 Å². The van der Waals surface area contributed by atoms with Gasteiger partial charge in [-0.15, -0.1) is 0 Å². The number of anilines is 1. The third-order valence-corrected chi connectivity index (χ3v) is 4.61. The Morgan fingerprint density at radius 2 is 1.92 bits per heavy atom. The molecule has 10 heteroatoms. The molecule has 0 fully saturated rings. The molecule has 1 N–H and O–H groups in total. The van der Waals surface area contributed by atoms with Crippen LogP contribution in [0.4, 0.5) is 18.9 Å². The van der Waals surface area contributed by atoms with Crippen LogP contribution in [-0.4, -0.2) is 31.1 Å². The topological polar surface area (TPSA) is 76.1 Å². The Bertz CT molecular complexity index is 868. The number of hydrogen-bond acceptors (Lipinski definition) is 5. The molecule has 128 valence electrons. The minimum atomic E-state index is -4.58. The Balaban J connectivity index is 2.28. The average molecular weight is 376 g/mol. The van der Waals surface area contributed by atoms with Gasteiger partial charge in [0, 0.05) is 29.9 Å². The first-order valence-electron chi connectivity index (χ1n) is 6.38. The van der Waals surface area contributed by atoms with Crippen LogP contribution in [0.3, 0.4) is 0 Å². The maximum absolute atomic E-state index is 12.5. The van der Waals surface area contributed by atoms with E-state index in [9.17, 15) is 26.4 Å². The predicted octanol–water partition coefficient (Wildman–Crippen LogP) is 3.35. The van der Waals surface area contributed by atoms with E-state index in [1.165, 1.54) is 36.4 Å². The van der Waals surface area contributed by atoms with E-state index < -0.39 is 38.0 Å². The van der Waals surface area contributed by atoms with Crippen molar-refractivity contribution in [2.75, 3.05) is 11.6 Å². The van der Waals surface area contributed by atoms with E-state index in [2.05, 4.69) is 10.3 Å². The van der Waals surface area contributed by atoms with Crippen molar-refractivity contribution in [2.45, 2.75) is 15.4 Å². The van der Waals surface area contributed by atoms with Gasteiger partial charge in [0.05, 0.1) is 10.5 Å². The van der Waals surface area contributed by atoms with E-state index in [1.54, 1.807) is 0 Å². The van der Waals surface area contributed by atoms with Gasteiger partial charge in [0.15, 0.2) is 9.84 Å². The number of amides is 1. The highest BCUT2D eigenvalue weighted by atomic mass is 32.2. The highest BCUT2D eigenvalue weighted by Gasteiger charge is 2.32. The van der Waals surface area contributed by atoms with Gasteiger partial charge in [0.25, 0.3) is 5.91 Å². The molecular formula is C14H11F3N2O3S2. The molecule has 24 heavy (non-hydrogen) atoms. The van der Waals surface area contributed by atoms with E-state index in [0.717, 1.165) is 12.5 Å². The summed E-state index contributed by atoms with van der Waals surface area (Å²) in [6, 6.07) is 7.96. The number of rotatable bonds is 4. The van der Waals surface area contributed by atoms with Crippen LogP contribution in [0.2, 0.25) is 0 Å². The number of hydrogen-bond donors (Lipinski definition) is 1. The molecule has 0 saturated heterocycles. The summed E-state index contributed by atoms with van der Waals surface area (Å²) in [6.07, 6.45) is 2.16. The molecule has 0 aliphatic heterocycles. The first-order valence-corrected chi connectivity index (χ1v) is 9.09. The molecule has 1 heterocycles. The summed E-state index contributed by atoms with van der Waals surface area (Å²) >= 11 is -0.494. The van der Waals surface area contributed by atoms with Crippen LogP contribution in [0.5, 0.6) is 0 Å². The minimum absolute atomic E-state index is 0.0172. The molecule has 0 saturated carbocycles. The highest BCUT2D eigenvalue weighted by Crippen LogP contribution is 2.37. The van der Waals surface area contributed by atoms with Crippen molar-refractivity contribution >= 4 is 33.2 Å². The van der Waals surface area contributed by atoms with Gasteiger partial charge in [0.2, 0.25) is 0 Å². The zero-order valence-electron chi connectivity index (χ0n) is 12.2. The molecule has 0 unspecified atom stereocenters. The quantitative estimate of drug-likeness (QED) is 0.828. The lowest BCUT2D eigenvalue weighted by Crippen LogP contribution is -2.15. The number of sulfone groups is 1. The summed E-state index contributed by atoms with van der Waals surface area (Å²) in [6.45, 7) is 0. The van der Waals surface area contributed by atoms with Crippen LogP contribution in [0, 0.1) is 0 Å². The van der Waals surface area contributed by atoms with Crippen LogP contribution in [0.1, 0.15) is 10.4 Å². The third kappa shape index (κ3) is 4.96. The molecule has 0 spiro atoms. The van der Waals surface area contributed by atoms with Crippen LogP contribution in [0.15, 0.2) is 52.5 Å². The smallest absolute Gasteiger partial charge is 0.322 e. The summed E-state index contributed by atoms with van der Waals surface area (Å²) in [7, 11) is -3.47. The van der Waals surface area contributed by atoms with Gasteiger partial charge in [-0.1, -0.05) is 6.07 Å². The molecule has 0 aliphatic rings. The standard InChI is InChI=1S/C14H11F3N2O3S2/c1-24(21,22)10-5-2-4-9(8-10)19-12(20)11-6-3-7-18-13(11)23-14(15,16)17/h2-8H,1H3,(H,19,20). The van der Waals surface area contributed by atoms with Crippen molar-refractivity contribution in [3.8, 4) is 0 Å². The molecule has 2 rings (SSSR count). The molecule has 0 bridgehead atoms. The normalized spacial score (nSPS) is 12.0. The number of aromatic nitrogens is 1. The van der Waals surface area contributed by atoms with Gasteiger partial charge in [-0.05, 0) is 30.3 Å². The Kier molecular flexibility index (Phi) is 5.19. The second-order valence-electron chi connectivity index (χ2n) is 4.66. The fourth-order valence-corrected chi connectivity index (χ4v) is 3.03. The lowest BCUT2D eigenvalue weighted by molar-refractivity contribution is -0.0329. The number of alkyl halides is 3. The molecule has 0 atom stereocenters. The van der Waals surface area contributed by atoms with Crippen molar-refractivity contribution in [3.63, 3.8) is 0 Å². The Morgan fingerprint density at radius 1 is 1.21 bits per heavy atom. The van der Waals surface area contributed by atoms with Crippen molar-refractivity contribution < 1.29 is 26.4 Å². The van der Waals surface area contributed by atoms with Crippen molar-refractivity contribution in [3.05, 3.63) is 48.2 Å². The summed E-state index contributed by atoms with van der Waals surface area (Å²) in [4.78, 5) is 15.8. The predicted molar refractivity (Wildman–Crippen MR) is 83.7 cm³/mol. The lowest BCUT2D eigenvalue weighted by atomic mass is 10.2. The zero-order chi connectivity index (χ0) is 18.0. The fourth-order valence-electron chi connectivity index (χ4n) is 1.76. The summed E-state index contributed by atoms with van der Waals surface area (Å²) < 4.78 is 60.6. The molecule has 1 amide bonds. The lowest BCUT2D eigenvalue weighted by Gasteiger charge is -2.11. The van der Waals surface area contributed by atoms with Crippen LogP contribution in [-0.2, 0) is 9.84 Å². The van der Waals surface area contributed by atoms with Crippen LogP contribution >= 0.6 is 11.8 Å². The third-order valence-electron chi connectivity index (χ3n) is 2.75. The minimum Gasteiger partial charge on any atom is -0.322 e. The van der Waals surface area contributed by atoms with Gasteiger partial charge in [-0.2, -0.15) is 13.2 Å². The van der Waals surface area contributed by atoms with Crippen molar-refractivity contribution in [1.29, 1.82) is 0 Å². The number of carbonyl (C=O) groups excluding carboxylic acids is 1. The SMILES string of the molecule is CS(=O)(=O)c1cccc(NC(=O)c2cccnc2SC(F)(F)F)c1. The number of thioether (sulfide) groups is 1. The molecule has 1 aromatic carbocycles. The van der Waals surface area contributed by atoms with Gasteiger partial charge in [0.1, 0.15) is 5.03 Å². The van der Waals surface area contributed by atoms with Crippen LogP contribution < -0.4 is 5.32 Å². The Morgan fingerprint density at radius 3 is 2.54 bits per heavy atom. The molecular weight excluding hydrogens is 365 g/mol. The van der Waals surface area contributed by atoms with Crippen LogP contribution in [0.25, 0.3) is 0 Å². The number of carbonyl (C=O) groups is 1.